The first-order valence-corrected chi connectivity index (χ1v) is 4.96. The first kappa shape index (κ1) is 11.8. The number of carbonyl (C=O) groups excluding carboxylic acids is 1. The smallest absolute Gasteiger partial charge is 0.318 e. The van der Waals surface area contributed by atoms with Crippen molar-refractivity contribution in [3.63, 3.8) is 0 Å². The Bertz CT molecular complexity index is 677. The van der Waals surface area contributed by atoms with Gasteiger partial charge in [-0.05, 0) is 12.1 Å². The molecule has 2 rings (SSSR count). The lowest BCUT2D eigenvalue weighted by Crippen LogP contribution is -2.27. The summed E-state index contributed by atoms with van der Waals surface area (Å²) < 4.78 is 13.3. The lowest BCUT2D eigenvalue weighted by Gasteiger charge is -2.05. The van der Waals surface area contributed by atoms with E-state index < -0.39 is 23.0 Å². The van der Waals surface area contributed by atoms with Crippen LogP contribution in [-0.2, 0) is 0 Å². The normalized spacial score (nSPS) is 10.1. The Labute approximate surface area is 99.5 Å². The van der Waals surface area contributed by atoms with Crippen LogP contribution in [0, 0.1) is 5.82 Å². The molecule has 0 bridgehead atoms. The molecule has 0 aliphatic carbocycles. The van der Waals surface area contributed by atoms with E-state index in [0.717, 1.165) is 6.07 Å². The third kappa shape index (κ3) is 2.51. The van der Waals surface area contributed by atoms with E-state index in [-0.39, 0.29) is 11.4 Å². The van der Waals surface area contributed by atoms with E-state index in [4.69, 9.17) is 0 Å². The van der Waals surface area contributed by atoms with Crippen molar-refractivity contribution in [1.29, 1.82) is 0 Å². The van der Waals surface area contributed by atoms with Crippen molar-refractivity contribution in [2.45, 2.75) is 0 Å². The average molecular weight is 249 g/mol. The molecule has 0 saturated heterocycles. The molecule has 92 valence electrons. The number of H-pyrrole nitrogens is 2. The Morgan fingerprint density at radius 2 is 1.89 bits per heavy atom. The summed E-state index contributed by atoms with van der Waals surface area (Å²) in [5, 5.41) is 2.24. The molecule has 0 unspecified atom stereocenters. The second-order valence-electron chi connectivity index (χ2n) is 3.44. The number of rotatable bonds is 2. The Kier molecular flexibility index (Phi) is 3.05. The fourth-order valence-corrected chi connectivity index (χ4v) is 1.34. The van der Waals surface area contributed by atoms with Crippen molar-refractivity contribution in [2.75, 3.05) is 5.32 Å². The van der Waals surface area contributed by atoms with Crippen LogP contribution in [0.1, 0.15) is 10.5 Å². The summed E-state index contributed by atoms with van der Waals surface area (Å²) in [7, 11) is 0. The van der Waals surface area contributed by atoms with Crippen LogP contribution in [0.2, 0.25) is 0 Å². The van der Waals surface area contributed by atoms with E-state index in [1.165, 1.54) is 18.2 Å². The van der Waals surface area contributed by atoms with E-state index in [1.54, 1.807) is 6.07 Å². The molecule has 0 saturated carbocycles. The monoisotopic (exact) mass is 249 g/mol. The predicted molar refractivity (Wildman–Crippen MR) is 62.0 cm³/mol. The van der Waals surface area contributed by atoms with Gasteiger partial charge >= 0.3 is 5.69 Å². The molecule has 18 heavy (non-hydrogen) atoms. The van der Waals surface area contributed by atoms with Gasteiger partial charge in [0.25, 0.3) is 11.5 Å². The minimum absolute atomic E-state index is 0.0383. The Morgan fingerprint density at radius 3 is 2.56 bits per heavy atom. The molecule has 0 aliphatic rings. The number of halogens is 1. The zero-order valence-electron chi connectivity index (χ0n) is 8.99. The maximum atomic E-state index is 13.3. The van der Waals surface area contributed by atoms with Gasteiger partial charge in [-0.15, -0.1) is 0 Å². The molecule has 2 aromatic rings. The van der Waals surface area contributed by atoms with Crippen molar-refractivity contribution >= 4 is 11.6 Å². The zero-order chi connectivity index (χ0) is 13.1. The quantitative estimate of drug-likeness (QED) is 0.721. The van der Waals surface area contributed by atoms with Gasteiger partial charge < -0.3 is 10.3 Å². The van der Waals surface area contributed by atoms with E-state index in [9.17, 15) is 18.8 Å². The maximum absolute atomic E-state index is 13.3. The number of aromatic amines is 2. The number of aromatic nitrogens is 2. The van der Waals surface area contributed by atoms with E-state index >= 15 is 0 Å². The highest BCUT2D eigenvalue weighted by Crippen LogP contribution is 2.12. The zero-order valence-corrected chi connectivity index (χ0v) is 8.99. The van der Waals surface area contributed by atoms with Crippen LogP contribution in [0.15, 0.2) is 39.9 Å². The lowest BCUT2D eigenvalue weighted by molar-refractivity contribution is 0.102. The van der Waals surface area contributed by atoms with Gasteiger partial charge in [-0.25, -0.2) is 9.18 Å². The molecule has 0 atom stereocenters. The minimum atomic E-state index is -0.804. The molecule has 1 heterocycles. The number of anilines is 1. The van der Waals surface area contributed by atoms with Gasteiger partial charge in [0, 0.05) is 6.07 Å². The molecule has 6 nitrogen and oxygen atoms in total. The Balaban J connectivity index is 2.30. The van der Waals surface area contributed by atoms with Crippen LogP contribution < -0.4 is 16.6 Å². The number of hydrogen-bond donors (Lipinski definition) is 3. The highest BCUT2D eigenvalue weighted by Gasteiger charge is 2.10. The van der Waals surface area contributed by atoms with Crippen LogP contribution in [0.4, 0.5) is 10.1 Å². The topological polar surface area (TPSA) is 94.8 Å². The van der Waals surface area contributed by atoms with Crippen LogP contribution in [0.5, 0.6) is 0 Å². The van der Waals surface area contributed by atoms with Gasteiger partial charge in [0.15, 0.2) is 0 Å². The molecular weight excluding hydrogens is 241 g/mol. The number of hydrogen-bond acceptors (Lipinski definition) is 3. The van der Waals surface area contributed by atoms with Crippen molar-refractivity contribution in [3.05, 3.63) is 62.7 Å². The SMILES string of the molecule is O=C(Nc1ccccc1F)c1cc(=O)[nH]c(=O)[nH]1. The van der Waals surface area contributed by atoms with Gasteiger partial charge in [-0.3, -0.25) is 14.6 Å². The summed E-state index contributed by atoms with van der Waals surface area (Å²) in [6, 6.07) is 6.46. The summed E-state index contributed by atoms with van der Waals surface area (Å²) >= 11 is 0. The Morgan fingerprint density at radius 1 is 1.17 bits per heavy atom. The predicted octanol–water partition coefficient (Wildman–Crippen LogP) is 0.455. The fraction of sp³-hybridized carbons (Fsp3) is 0. The van der Waals surface area contributed by atoms with Crippen molar-refractivity contribution in [1.82, 2.24) is 9.97 Å². The standard InChI is InChI=1S/C11H8FN3O3/c12-6-3-1-2-4-7(6)13-10(17)8-5-9(16)15-11(18)14-8/h1-5H,(H,13,17)(H2,14,15,16,18). The summed E-state index contributed by atoms with van der Waals surface area (Å²) in [5.41, 5.74) is -1.80. The molecule has 1 aromatic heterocycles. The lowest BCUT2D eigenvalue weighted by atomic mass is 10.3. The van der Waals surface area contributed by atoms with E-state index in [0.29, 0.717) is 0 Å². The van der Waals surface area contributed by atoms with Crippen LogP contribution in [0.3, 0.4) is 0 Å². The molecule has 0 aliphatic heterocycles. The molecule has 0 radical (unpaired) electrons. The first-order valence-electron chi connectivity index (χ1n) is 4.96. The summed E-state index contributed by atoms with van der Waals surface area (Å²) in [4.78, 5) is 37.7. The third-order valence-electron chi connectivity index (χ3n) is 2.13. The third-order valence-corrected chi connectivity index (χ3v) is 2.13. The highest BCUT2D eigenvalue weighted by molar-refractivity contribution is 6.02. The van der Waals surface area contributed by atoms with Gasteiger partial charge in [0.1, 0.15) is 11.5 Å². The van der Waals surface area contributed by atoms with Crippen LogP contribution in [-0.4, -0.2) is 15.9 Å². The summed E-state index contributed by atoms with van der Waals surface area (Å²) in [6.07, 6.45) is 0. The second kappa shape index (κ2) is 4.66. The number of benzene rings is 1. The molecule has 1 aromatic carbocycles. The van der Waals surface area contributed by atoms with Gasteiger partial charge in [-0.2, -0.15) is 0 Å². The second-order valence-corrected chi connectivity index (χ2v) is 3.44. The molecular formula is C11H8FN3O3. The number of nitrogens with one attached hydrogen (secondary N) is 3. The van der Waals surface area contributed by atoms with Crippen molar-refractivity contribution in [2.24, 2.45) is 0 Å². The van der Waals surface area contributed by atoms with Crippen LogP contribution >= 0.6 is 0 Å². The summed E-state index contributed by atoms with van der Waals surface area (Å²) in [5.74, 6) is -1.39. The number of carbonyl (C=O) groups is 1. The van der Waals surface area contributed by atoms with E-state index in [2.05, 4.69) is 10.3 Å². The summed E-state index contributed by atoms with van der Waals surface area (Å²) in [6.45, 7) is 0. The molecule has 7 heteroatoms. The number of amides is 1. The molecule has 1 amide bonds. The number of para-hydroxylation sites is 1. The first-order chi connectivity index (χ1) is 8.56. The van der Waals surface area contributed by atoms with Crippen molar-refractivity contribution in [3.8, 4) is 0 Å². The molecule has 0 fully saturated rings. The van der Waals surface area contributed by atoms with Gasteiger partial charge in [-0.1, -0.05) is 12.1 Å². The fourth-order valence-electron chi connectivity index (χ4n) is 1.34. The molecule has 0 spiro atoms. The molecule has 3 N–H and O–H groups in total. The van der Waals surface area contributed by atoms with Crippen molar-refractivity contribution < 1.29 is 9.18 Å². The Hall–Kier alpha value is -2.70. The van der Waals surface area contributed by atoms with E-state index in [1.807, 2.05) is 4.98 Å². The van der Waals surface area contributed by atoms with Gasteiger partial charge in [0.05, 0.1) is 5.69 Å². The van der Waals surface area contributed by atoms with Gasteiger partial charge in [0.2, 0.25) is 0 Å². The average Bonchev–Trinajstić information content (AvgIpc) is 2.31. The maximum Gasteiger partial charge on any atom is 0.326 e. The van der Waals surface area contributed by atoms with Crippen LogP contribution in [0.25, 0.3) is 0 Å². The highest BCUT2D eigenvalue weighted by atomic mass is 19.1. The largest absolute Gasteiger partial charge is 0.326 e. The minimum Gasteiger partial charge on any atom is -0.318 e.